The fourth-order valence-electron chi connectivity index (χ4n) is 3.12. The summed E-state index contributed by atoms with van der Waals surface area (Å²) in [7, 11) is 0. The van der Waals surface area contributed by atoms with Gasteiger partial charge in [-0.1, -0.05) is 18.2 Å². The van der Waals surface area contributed by atoms with Crippen molar-refractivity contribution in [2.75, 3.05) is 25.0 Å². The van der Waals surface area contributed by atoms with Crippen molar-refractivity contribution in [1.82, 2.24) is 14.9 Å². The largest absolute Gasteiger partial charge is 0.439 e. The van der Waals surface area contributed by atoms with Crippen LogP contribution in [0.3, 0.4) is 0 Å². The lowest BCUT2D eigenvalue weighted by Gasteiger charge is -2.14. The second-order valence-electron chi connectivity index (χ2n) is 6.06. The summed E-state index contributed by atoms with van der Waals surface area (Å²) in [6, 6.07) is 13.9. The van der Waals surface area contributed by atoms with Crippen LogP contribution >= 0.6 is 0 Å². The third-order valence-electron chi connectivity index (χ3n) is 4.30. The molecule has 0 amide bonds. The van der Waals surface area contributed by atoms with Gasteiger partial charge in [-0.15, -0.1) is 0 Å². The third-order valence-corrected chi connectivity index (χ3v) is 4.30. The van der Waals surface area contributed by atoms with Gasteiger partial charge < -0.3 is 9.73 Å². The molecule has 3 heterocycles. The first-order chi connectivity index (χ1) is 11.4. The lowest BCUT2D eigenvalue weighted by atomic mass is 10.1. The van der Waals surface area contributed by atoms with Crippen LogP contribution in [0.4, 0.5) is 5.82 Å². The van der Waals surface area contributed by atoms with Crippen LogP contribution in [-0.2, 0) is 6.54 Å². The molecule has 1 N–H and O–H groups in total. The van der Waals surface area contributed by atoms with Gasteiger partial charge in [0.2, 0.25) is 5.89 Å². The maximum absolute atomic E-state index is 5.82. The number of likely N-dealkylation sites (tertiary alicyclic amines) is 1. The van der Waals surface area contributed by atoms with Crippen molar-refractivity contribution >= 4 is 16.9 Å². The number of pyridine rings is 1. The second-order valence-corrected chi connectivity index (χ2v) is 6.06. The molecule has 0 spiro atoms. The summed E-state index contributed by atoms with van der Waals surface area (Å²) in [5.41, 5.74) is 1.81. The highest BCUT2D eigenvalue weighted by atomic mass is 16.3. The molecule has 1 aromatic carbocycles. The van der Waals surface area contributed by atoms with Crippen LogP contribution in [0.15, 0.2) is 53.1 Å². The normalized spacial score (nSPS) is 18.5. The summed E-state index contributed by atoms with van der Waals surface area (Å²) >= 11 is 0. The average Bonchev–Trinajstić information content (AvgIpc) is 3.20. The van der Waals surface area contributed by atoms with Crippen LogP contribution in [0.1, 0.15) is 12.3 Å². The number of hydrogen-bond donors (Lipinski definition) is 1. The molecule has 0 unspecified atom stereocenters. The third kappa shape index (κ3) is 3.35. The van der Waals surface area contributed by atoms with Crippen LogP contribution < -0.4 is 5.32 Å². The molecule has 0 bridgehead atoms. The molecule has 5 nitrogen and oxygen atoms in total. The number of fused-ring (bicyclic) bond motifs is 1. The summed E-state index contributed by atoms with van der Waals surface area (Å²) in [6.45, 7) is 3.90. The Morgan fingerprint density at radius 3 is 2.96 bits per heavy atom. The molecular weight excluding hydrogens is 288 g/mol. The monoisotopic (exact) mass is 308 g/mol. The Kier molecular flexibility index (Phi) is 3.94. The summed E-state index contributed by atoms with van der Waals surface area (Å²) in [5.74, 6) is 2.40. The van der Waals surface area contributed by atoms with Crippen molar-refractivity contribution in [2.45, 2.75) is 13.0 Å². The number of nitrogens with one attached hydrogen (secondary N) is 1. The van der Waals surface area contributed by atoms with Gasteiger partial charge in [0.15, 0.2) is 5.58 Å². The molecule has 1 atom stereocenters. The fraction of sp³-hybridized carbons (Fsp3) is 0.333. The quantitative estimate of drug-likeness (QED) is 0.784. The molecule has 0 radical (unpaired) electrons. The van der Waals surface area contributed by atoms with E-state index < -0.39 is 0 Å². The van der Waals surface area contributed by atoms with E-state index in [1.54, 1.807) is 0 Å². The number of anilines is 1. The molecule has 23 heavy (non-hydrogen) atoms. The Morgan fingerprint density at radius 1 is 1.17 bits per heavy atom. The minimum atomic E-state index is 0.640. The van der Waals surface area contributed by atoms with E-state index in [4.69, 9.17) is 4.42 Å². The van der Waals surface area contributed by atoms with Gasteiger partial charge in [0, 0.05) is 19.3 Å². The Balaban J connectivity index is 1.31. The van der Waals surface area contributed by atoms with Crippen LogP contribution in [0.2, 0.25) is 0 Å². The number of nitrogens with zero attached hydrogens (tertiary/aromatic N) is 3. The molecule has 3 aromatic rings. The Bertz CT molecular complexity index is 738. The number of rotatable bonds is 5. The molecule has 0 aliphatic carbocycles. The van der Waals surface area contributed by atoms with E-state index >= 15 is 0 Å². The molecule has 1 aliphatic rings. The Hall–Kier alpha value is -2.40. The summed E-state index contributed by atoms with van der Waals surface area (Å²) < 4.78 is 5.82. The van der Waals surface area contributed by atoms with E-state index in [9.17, 15) is 0 Å². The van der Waals surface area contributed by atoms with E-state index in [1.165, 1.54) is 6.42 Å². The summed E-state index contributed by atoms with van der Waals surface area (Å²) in [4.78, 5) is 11.3. The molecular formula is C18H20N4O. The van der Waals surface area contributed by atoms with Gasteiger partial charge in [-0.05, 0) is 43.1 Å². The predicted octanol–water partition coefficient (Wildman–Crippen LogP) is 3.16. The zero-order valence-corrected chi connectivity index (χ0v) is 13.0. The van der Waals surface area contributed by atoms with Crippen molar-refractivity contribution in [3.05, 3.63) is 54.6 Å². The molecule has 2 aromatic heterocycles. The minimum Gasteiger partial charge on any atom is -0.439 e. The lowest BCUT2D eigenvalue weighted by Crippen LogP contribution is -2.23. The first-order valence-electron chi connectivity index (χ1n) is 8.08. The van der Waals surface area contributed by atoms with E-state index in [2.05, 4.69) is 20.2 Å². The molecule has 118 valence electrons. The van der Waals surface area contributed by atoms with Gasteiger partial charge in [-0.3, -0.25) is 4.90 Å². The fourth-order valence-corrected chi connectivity index (χ4v) is 3.12. The van der Waals surface area contributed by atoms with E-state index in [1.807, 2.05) is 48.7 Å². The maximum atomic E-state index is 5.82. The first kappa shape index (κ1) is 14.2. The van der Waals surface area contributed by atoms with Crippen LogP contribution in [0, 0.1) is 5.92 Å². The second kappa shape index (κ2) is 6.38. The number of oxazole rings is 1. The highest BCUT2D eigenvalue weighted by molar-refractivity contribution is 5.72. The van der Waals surface area contributed by atoms with E-state index in [-0.39, 0.29) is 0 Å². The molecule has 0 saturated carbocycles. The lowest BCUT2D eigenvalue weighted by molar-refractivity contribution is 0.286. The predicted molar refractivity (Wildman–Crippen MR) is 90.1 cm³/mol. The van der Waals surface area contributed by atoms with Gasteiger partial charge in [0.25, 0.3) is 0 Å². The zero-order valence-electron chi connectivity index (χ0n) is 13.0. The van der Waals surface area contributed by atoms with Gasteiger partial charge >= 0.3 is 0 Å². The van der Waals surface area contributed by atoms with Gasteiger partial charge in [-0.25, -0.2) is 9.97 Å². The van der Waals surface area contributed by atoms with Crippen molar-refractivity contribution in [1.29, 1.82) is 0 Å². The summed E-state index contributed by atoms with van der Waals surface area (Å²) in [6.07, 6.45) is 3.01. The molecule has 1 fully saturated rings. The van der Waals surface area contributed by atoms with Crippen molar-refractivity contribution in [3.8, 4) is 0 Å². The molecule has 4 rings (SSSR count). The highest BCUT2D eigenvalue weighted by Gasteiger charge is 2.23. The molecule has 1 aliphatic heterocycles. The number of benzene rings is 1. The maximum Gasteiger partial charge on any atom is 0.209 e. The van der Waals surface area contributed by atoms with Gasteiger partial charge in [-0.2, -0.15) is 0 Å². The number of hydrogen-bond acceptors (Lipinski definition) is 5. The van der Waals surface area contributed by atoms with E-state index in [0.29, 0.717) is 5.92 Å². The van der Waals surface area contributed by atoms with Crippen LogP contribution in [-0.4, -0.2) is 34.5 Å². The molecule has 1 saturated heterocycles. The van der Waals surface area contributed by atoms with Crippen molar-refractivity contribution in [3.63, 3.8) is 0 Å². The number of aromatic nitrogens is 2. The number of para-hydroxylation sites is 2. The Morgan fingerprint density at radius 2 is 2.09 bits per heavy atom. The van der Waals surface area contributed by atoms with Crippen LogP contribution in [0.5, 0.6) is 0 Å². The molecule has 5 heteroatoms. The van der Waals surface area contributed by atoms with Gasteiger partial charge in [0.05, 0.1) is 6.54 Å². The van der Waals surface area contributed by atoms with Crippen molar-refractivity contribution in [2.24, 2.45) is 5.92 Å². The SMILES string of the molecule is c1ccc(NC[C@H]2CCN(Cc3nc4ccccc4o3)C2)nc1. The zero-order chi connectivity index (χ0) is 15.5. The van der Waals surface area contributed by atoms with Crippen molar-refractivity contribution < 1.29 is 4.42 Å². The smallest absolute Gasteiger partial charge is 0.209 e. The first-order valence-corrected chi connectivity index (χ1v) is 8.08. The van der Waals surface area contributed by atoms with E-state index in [0.717, 1.165) is 49.0 Å². The minimum absolute atomic E-state index is 0.640. The standard InChI is InChI=1S/C18H20N4O/c1-2-6-16-15(5-1)21-18(23-16)13-22-10-8-14(12-22)11-20-17-7-3-4-9-19-17/h1-7,9,14H,8,10-13H2,(H,19,20)/t14-/m1/s1. The Labute approximate surface area is 135 Å². The van der Waals surface area contributed by atoms with Gasteiger partial charge in [0.1, 0.15) is 11.3 Å². The highest BCUT2D eigenvalue weighted by Crippen LogP contribution is 2.21. The van der Waals surface area contributed by atoms with Crippen LogP contribution in [0.25, 0.3) is 11.1 Å². The average molecular weight is 308 g/mol. The summed E-state index contributed by atoms with van der Waals surface area (Å²) in [5, 5.41) is 3.42. The topological polar surface area (TPSA) is 54.2 Å².